The molecule has 162 valence electrons. The van der Waals surface area contributed by atoms with Crippen LogP contribution >= 0.6 is 0 Å². The quantitative estimate of drug-likeness (QED) is 0.312. The second-order valence-corrected chi connectivity index (χ2v) is 8.11. The predicted molar refractivity (Wildman–Crippen MR) is 110 cm³/mol. The van der Waals surface area contributed by atoms with Crippen LogP contribution in [-0.2, 0) is 12.6 Å². The Balaban J connectivity index is 1.51. The molecule has 1 aliphatic carbocycles. The number of rotatable bonds is 7. The van der Waals surface area contributed by atoms with Gasteiger partial charge in [0.25, 0.3) is 0 Å². The number of hydrogen-bond donors (Lipinski definition) is 0. The van der Waals surface area contributed by atoms with Crippen LogP contribution in [0.4, 0.5) is 22.0 Å². The fraction of sp³-hybridized carbons (Fsp3) is 0.440. The van der Waals surface area contributed by atoms with E-state index in [1.165, 1.54) is 24.5 Å². The summed E-state index contributed by atoms with van der Waals surface area (Å²) >= 11 is 0. The maximum absolute atomic E-state index is 13.8. The fourth-order valence-corrected chi connectivity index (χ4v) is 4.18. The summed E-state index contributed by atoms with van der Waals surface area (Å²) < 4.78 is 64.1. The minimum Gasteiger partial charge on any atom is -0.251 e. The van der Waals surface area contributed by atoms with E-state index in [0.717, 1.165) is 37.8 Å². The van der Waals surface area contributed by atoms with Gasteiger partial charge in [-0.25, -0.2) is 4.39 Å². The minimum absolute atomic E-state index is 0.293. The smallest absolute Gasteiger partial charge is 0.251 e. The average molecular weight is 422 g/mol. The van der Waals surface area contributed by atoms with Gasteiger partial charge in [0.1, 0.15) is 5.82 Å². The molecular formula is C25H27F5. The van der Waals surface area contributed by atoms with E-state index in [4.69, 9.17) is 0 Å². The lowest BCUT2D eigenvalue weighted by Gasteiger charge is -2.26. The summed E-state index contributed by atoms with van der Waals surface area (Å²) in [5, 5.41) is 0. The Morgan fingerprint density at radius 2 is 1.57 bits per heavy atom. The highest BCUT2D eigenvalue weighted by Gasteiger charge is 2.33. The third-order valence-corrected chi connectivity index (χ3v) is 5.98. The summed E-state index contributed by atoms with van der Waals surface area (Å²) in [6.07, 6.45) is 6.70. The summed E-state index contributed by atoms with van der Waals surface area (Å²) in [7, 11) is 0. The summed E-state index contributed by atoms with van der Waals surface area (Å²) in [5.41, 5.74) is 1.07. The van der Waals surface area contributed by atoms with Crippen LogP contribution in [0.1, 0.15) is 49.7 Å². The van der Waals surface area contributed by atoms with E-state index in [9.17, 15) is 22.0 Å². The molecule has 30 heavy (non-hydrogen) atoms. The second kappa shape index (κ2) is 10.2. The van der Waals surface area contributed by atoms with E-state index in [0.29, 0.717) is 29.4 Å². The van der Waals surface area contributed by atoms with Crippen molar-refractivity contribution >= 4 is 0 Å². The van der Waals surface area contributed by atoms with E-state index in [1.54, 1.807) is 0 Å². The highest BCUT2D eigenvalue weighted by Crippen LogP contribution is 2.34. The SMILES string of the molecule is FCCC=CC1CCC(CCc2ccc(-c3ccc(C(F)(F)F)c(F)c3)cc2)CC1. The number of benzene rings is 2. The van der Waals surface area contributed by atoms with Crippen LogP contribution in [0.2, 0.25) is 0 Å². The molecule has 1 aliphatic rings. The monoisotopic (exact) mass is 422 g/mol. The molecule has 1 fully saturated rings. The Kier molecular flexibility index (Phi) is 7.68. The second-order valence-electron chi connectivity index (χ2n) is 8.11. The summed E-state index contributed by atoms with van der Waals surface area (Å²) in [5.74, 6) is 0.0231. The number of allylic oxidation sites excluding steroid dienone is 2. The van der Waals surface area contributed by atoms with Crippen LogP contribution in [0.5, 0.6) is 0 Å². The van der Waals surface area contributed by atoms with Gasteiger partial charge < -0.3 is 0 Å². The first-order valence-electron chi connectivity index (χ1n) is 10.6. The molecular weight excluding hydrogens is 395 g/mol. The van der Waals surface area contributed by atoms with Crippen molar-refractivity contribution in [1.82, 2.24) is 0 Å². The first kappa shape index (κ1) is 22.5. The van der Waals surface area contributed by atoms with Gasteiger partial charge in [0, 0.05) is 0 Å². The van der Waals surface area contributed by atoms with E-state index < -0.39 is 17.6 Å². The largest absolute Gasteiger partial charge is 0.419 e. The van der Waals surface area contributed by atoms with Crippen LogP contribution < -0.4 is 0 Å². The van der Waals surface area contributed by atoms with Crippen molar-refractivity contribution in [3.63, 3.8) is 0 Å². The van der Waals surface area contributed by atoms with Gasteiger partial charge >= 0.3 is 6.18 Å². The Morgan fingerprint density at radius 1 is 0.900 bits per heavy atom. The Bertz CT molecular complexity index is 828. The Labute approximate surface area is 174 Å². The lowest BCUT2D eigenvalue weighted by Crippen LogP contribution is -2.13. The van der Waals surface area contributed by atoms with Gasteiger partial charge in [0.2, 0.25) is 0 Å². The number of aryl methyl sites for hydroxylation is 1. The molecule has 0 aromatic heterocycles. The van der Waals surface area contributed by atoms with E-state index in [-0.39, 0.29) is 6.67 Å². The minimum atomic E-state index is -4.68. The molecule has 3 rings (SSSR count). The molecule has 0 saturated heterocycles. The summed E-state index contributed by atoms with van der Waals surface area (Å²) in [4.78, 5) is 0. The van der Waals surface area contributed by atoms with Gasteiger partial charge in [-0.15, -0.1) is 0 Å². The van der Waals surface area contributed by atoms with Gasteiger partial charge in [-0.1, -0.05) is 42.5 Å². The van der Waals surface area contributed by atoms with E-state index in [2.05, 4.69) is 6.08 Å². The summed E-state index contributed by atoms with van der Waals surface area (Å²) in [6, 6.07) is 10.7. The van der Waals surface area contributed by atoms with Crippen molar-refractivity contribution in [2.45, 2.75) is 51.1 Å². The highest BCUT2D eigenvalue weighted by atomic mass is 19.4. The molecule has 0 unspecified atom stereocenters. The number of hydrogen-bond acceptors (Lipinski definition) is 0. The Morgan fingerprint density at radius 3 is 2.17 bits per heavy atom. The molecule has 0 heterocycles. The molecule has 5 heteroatoms. The van der Waals surface area contributed by atoms with Crippen molar-refractivity contribution in [2.75, 3.05) is 6.67 Å². The zero-order chi connectivity index (χ0) is 21.6. The first-order chi connectivity index (χ1) is 14.4. The van der Waals surface area contributed by atoms with Crippen molar-refractivity contribution in [3.05, 3.63) is 71.6 Å². The topological polar surface area (TPSA) is 0 Å². The molecule has 0 nitrogen and oxygen atoms in total. The highest BCUT2D eigenvalue weighted by molar-refractivity contribution is 5.64. The molecule has 0 atom stereocenters. The van der Waals surface area contributed by atoms with Gasteiger partial charge in [0.15, 0.2) is 0 Å². The number of halogens is 5. The average Bonchev–Trinajstić information content (AvgIpc) is 2.73. The van der Waals surface area contributed by atoms with Gasteiger partial charge in [0.05, 0.1) is 12.2 Å². The lowest BCUT2D eigenvalue weighted by molar-refractivity contribution is -0.139. The van der Waals surface area contributed by atoms with E-state index in [1.807, 2.05) is 30.3 Å². The van der Waals surface area contributed by atoms with Gasteiger partial charge in [-0.05, 0) is 85.6 Å². The predicted octanol–water partition coefficient (Wildman–Crippen LogP) is 8.17. The molecule has 2 aromatic rings. The van der Waals surface area contributed by atoms with Crippen molar-refractivity contribution in [3.8, 4) is 11.1 Å². The van der Waals surface area contributed by atoms with Crippen LogP contribution in [0.25, 0.3) is 11.1 Å². The molecule has 0 radical (unpaired) electrons. The molecule has 2 aromatic carbocycles. The molecule has 0 aliphatic heterocycles. The maximum Gasteiger partial charge on any atom is 0.419 e. The number of alkyl halides is 4. The van der Waals surface area contributed by atoms with Crippen molar-refractivity contribution in [2.24, 2.45) is 11.8 Å². The molecule has 0 spiro atoms. The van der Waals surface area contributed by atoms with Crippen LogP contribution in [-0.4, -0.2) is 6.67 Å². The van der Waals surface area contributed by atoms with Gasteiger partial charge in [-0.3, -0.25) is 4.39 Å². The van der Waals surface area contributed by atoms with Crippen LogP contribution in [0.3, 0.4) is 0 Å². The summed E-state index contributed by atoms with van der Waals surface area (Å²) in [6.45, 7) is -0.293. The van der Waals surface area contributed by atoms with Crippen LogP contribution in [0, 0.1) is 17.7 Å². The van der Waals surface area contributed by atoms with Gasteiger partial charge in [-0.2, -0.15) is 13.2 Å². The van der Waals surface area contributed by atoms with E-state index >= 15 is 0 Å². The molecule has 0 bridgehead atoms. The zero-order valence-electron chi connectivity index (χ0n) is 16.9. The first-order valence-corrected chi connectivity index (χ1v) is 10.6. The molecule has 0 amide bonds. The fourth-order valence-electron chi connectivity index (χ4n) is 4.18. The van der Waals surface area contributed by atoms with Crippen LogP contribution in [0.15, 0.2) is 54.6 Å². The standard InChI is InChI=1S/C25H27F5/c26-16-2-1-3-18-4-6-19(7-5-18)8-9-20-10-12-21(13-11-20)22-14-15-23(24(27)17-22)25(28,29)30/h1,3,10-15,17-19H,2,4-9,16H2. The maximum atomic E-state index is 13.8. The molecule has 0 N–H and O–H groups in total. The Hall–Kier alpha value is -2.17. The molecule has 1 saturated carbocycles. The van der Waals surface area contributed by atoms with Crippen molar-refractivity contribution in [1.29, 1.82) is 0 Å². The zero-order valence-corrected chi connectivity index (χ0v) is 16.9. The third kappa shape index (κ3) is 6.16. The van der Waals surface area contributed by atoms with Crippen molar-refractivity contribution < 1.29 is 22.0 Å². The normalized spacial score (nSPS) is 20.0. The third-order valence-electron chi connectivity index (χ3n) is 5.98. The lowest BCUT2D eigenvalue weighted by atomic mass is 9.79.